The Bertz CT molecular complexity index is 640. The highest BCUT2D eigenvalue weighted by molar-refractivity contribution is 9.11. The molecule has 0 aliphatic carbocycles. The Hall–Kier alpha value is -1.66. The van der Waals surface area contributed by atoms with Gasteiger partial charge in [-0.15, -0.1) is 0 Å². The first-order valence-corrected chi connectivity index (χ1v) is 7.64. The first-order valence-electron chi connectivity index (χ1n) is 6.05. The van der Waals surface area contributed by atoms with Gasteiger partial charge in [0.05, 0.1) is 5.56 Å². The molecule has 0 saturated heterocycles. The fourth-order valence-electron chi connectivity index (χ4n) is 1.48. The van der Waals surface area contributed by atoms with Gasteiger partial charge >= 0.3 is 0 Å². The second kappa shape index (κ2) is 7.38. The van der Waals surface area contributed by atoms with E-state index in [2.05, 4.69) is 48.7 Å². The van der Waals surface area contributed by atoms with Crippen molar-refractivity contribution in [1.82, 2.24) is 10.3 Å². The Kier molecular flexibility index (Phi) is 5.52. The molecule has 0 bridgehead atoms. The molecule has 1 aromatic carbocycles. The van der Waals surface area contributed by atoms with Crippen LogP contribution < -0.4 is 10.1 Å². The lowest BCUT2D eigenvalue weighted by atomic mass is 10.2. The zero-order valence-corrected chi connectivity index (χ0v) is 14.1. The van der Waals surface area contributed by atoms with Gasteiger partial charge in [0, 0.05) is 27.8 Å². The summed E-state index contributed by atoms with van der Waals surface area (Å²) in [6.45, 7) is 4.02. The SMILES string of the molecule is C=C(Br)CNC(=O)c1ccc(Oc2ccc(Br)cc2)nc1. The smallest absolute Gasteiger partial charge is 0.253 e. The molecule has 1 N–H and O–H groups in total. The van der Waals surface area contributed by atoms with E-state index in [0.717, 1.165) is 4.47 Å². The van der Waals surface area contributed by atoms with Gasteiger partial charge in [0.15, 0.2) is 0 Å². The predicted octanol–water partition coefficient (Wildman–Crippen LogP) is 4.27. The molecule has 1 heterocycles. The van der Waals surface area contributed by atoms with E-state index in [1.807, 2.05) is 24.3 Å². The van der Waals surface area contributed by atoms with Gasteiger partial charge in [0.2, 0.25) is 5.88 Å². The van der Waals surface area contributed by atoms with Crippen LogP contribution in [0.3, 0.4) is 0 Å². The van der Waals surface area contributed by atoms with E-state index in [-0.39, 0.29) is 5.91 Å². The molecule has 1 amide bonds. The number of hydrogen-bond acceptors (Lipinski definition) is 3. The van der Waals surface area contributed by atoms with Gasteiger partial charge in [-0.3, -0.25) is 4.79 Å². The minimum absolute atomic E-state index is 0.210. The van der Waals surface area contributed by atoms with Gasteiger partial charge in [0.1, 0.15) is 5.75 Å². The average molecular weight is 412 g/mol. The number of ether oxygens (including phenoxy) is 1. The number of hydrogen-bond donors (Lipinski definition) is 1. The topological polar surface area (TPSA) is 51.2 Å². The van der Waals surface area contributed by atoms with Crippen LogP contribution in [0.25, 0.3) is 0 Å². The van der Waals surface area contributed by atoms with Crippen LogP contribution in [0.1, 0.15) is 10.4 Å². The summed E-state index contributed by atoms with van der Waals surface area (Å²) in [6, 6.07) is 10.7. The molecule has 2 aromatic rings. The maximum absolute atomic E-state index is 11.8. The van der Waals surface area contributed by atoms with Crippen LogP contribution in [0.2, 0.25) is 0 Å². The molecule has 0 aliphatic rings. The van der Waals surface area contributed by atoms with Crippen LogP contribution in [0.15, 0.2) is 58.1 Å². The van der Waals surface area contributed by atoms with E-state index in [1.54, 1.807) is 12.1 Å². The molecule has 0 fully saturated rings. The van der Waals surface area contributed by atoms with Crippen LogP contribution in [-0.2, 0) is 0 Å². The van der Waals surface area contributed by atoms with Crippen molar-refractivity contribution in [2.45, 2.75) is 0 Å². The lowest BCUT2D eigenvalue weighted by Gasteiger charge is -2.06. The number of benzene rings is 1. The fourth-order valence-corrected chi connectivity index (χ4v) is 1.88. The Labute approximate surface area is 139 Å². The van der Waals surface area contributed by atoms with E-state index >= 15 is 0 Å². The molecule has 0 spiro atoms. The highest BCUT2D eigenvalue weighted by atomic mass is 79.9. The monoisotopic (exact) mass is 410 g/mol. The summed E-state index contributed by atoms with van der Waals surface area (Å²) in [5.74, 6) is 0.899. The zero-order chi connectivity index (χ0) is 15.2. The van der Waals surface area contributed by atoms with Crippen molar-refractivity contribution in [3.63, 3.8) is 0 Å². The van der Waals surface area contributed by atoms with Crippen molar-refractivity contribution in [1.29, 1.82) is 0 Å². The van der Waals surface area contributed by atoms with Crippen LogP contribution in [-0.4, -0.2) is 17.4 Å². The molecule has 0 atom stereocenters. The fraction of sp³-hybridized carbons (Fsp3) is 0.0667. The summed E-state index contributed by atoms with van der Waals surface area (Å²) < 4.78 is 7.26. The predicted molar refractivity (Wildman–Crippen MR) is 88.9 cm³/mol. The molecule has 0 unspecified atom stereocenters. The maximum Gasteiger partial charge on any atom is 0.253 e. The number of nitrogens with one attached hydrogen (secondary N) is 1. The normalized spacial score (nSPS) is 10.0. The van der Waals surface area contributed by atoms with Gasteiger partial charge in [-0.25, -0.2) is 4.98 Å². The number of nitrogens with zero attached hydrogens (tertiary/aromatic N) is 1. The van der Waals surface area contributed by atoms with Crippen LogP contribution in [0, 0.1) is 0 Å². The standard InChI is InChI=1S/C15H12Br2N2O2/c1-10(16)8-19-15(20)11-2-7-14(18-9-11)21-13-5-3-12(17)4-6-13/h2-7,9H,1,8H2,(H,19,20). The maximum atomic E-state index is 11.8. The largest absolute Gasteiger partial charge is 0.439 e. The minimum Gasteiger partial charge on any atom is -0.439 e. The third kappa shape index (κ3) is 4.99. The Morgan fingerprint density at radius 1 is 1.24 bits per heavy atom. The van der Waals surface area contributed by atoms with Crippen molar-refractivity contribution < 1.29 is 9.53 Å². The van der Waals surface area contributed by atoms with E-state index in [1.165, 1.54) is 6.20 Å². The van der Waals surface area contributed by atoms with Crippen molar-refractivity contribution in [2.24, 2.45) is 0 Å². The highest BCUT2D eigenvalue weighted by Crippen LogP contribution is 2.21. The number of aromatic nitrogens is 1. The molecule has 4 nitrogen and oxygen atoms in total. The Morgan fingerprint density at radius 2 is 1.95 bits per heavy atom. The van der Waals surface area contributed by atoms with Crippen molar-refractivity contribution in [3.05, 3.63) is 63.7 Å². The molecular weight excluding hydrogens is 400 g/mol. The Morgan fingerprint density at radius 3 is 2.52 bits per heavy atom. The summed E-state index contributed by atoms with van der Waals surface area (Å²) in [7, 11) is 0. The highest BCUT2D eigenvalue weighted by Gasteiger charge is 2.06. The summed E-state index contributed by atoms with van der Waals surface area (Å²) in [5, 5.41) is 2.70. The molecule has 108 valence electrons. The average Bonchev–Trinajstić information content (AvgIpc) is 2.48. The van der Waals surface area contributed by atoms with Crippen LogP contribution in [0.5, 0.6) is 11.6 Å². The van der Waals surface area contributed by atoms with E-state index in [0.29, 0.717) is 28.2 Å². The third-order valence-electron chi connectivity index (χ3n) is 2.48. The number of carbonyl (C=O) groups excluding carboxylic acids is 1. The van der Waals surface area contributed by atoms with Crippen molar-refractivity contribution >= 4 is 37.8 Å². The third-order valence-corrected chi connectivity index (χ3v) is 3.28. The second-order valence-electron chi connectivity index (χ2n) is 4.14. The number of rotatable bonds is 5. The quantitative estimate of drug-likeness (QED) is 0.798. The van der Waals surface area contributed by atoms with E-state index in [9.17, 15) is 4.79 Å². The molecule has 21 heavy (non-hydrogen) atoms. The van der Waals surface area contributed by atoms with Crippen molar-refractivity contribution in [3.8, 4) is 11.6 Å². The molecule has 1 aromatic heterocycles. The molecule has 6 heteroatoms. The molecule has 2 rings (SSSR count). The summed E-state index contributed by atoms with van der Waals surface area (Å²) >= 11 is 6.54. The minimum atomic E-state index is -0.210. The summed E-state index contributed by atoms with van der Waals surface area (Å²) in [6.07, 6.45) is 1.47. The molecule has 0 radical (unpaired) electrons. The zero-order valence-electron chi connectivity index (χ0n) is 11.0. The Balaban J connectivity index is 2.00. The number of pyridine rings is 1. The van der Waals surface area contributed by atoms with Gasteiger partial charge in [0.25, 0.3) is 5.91 Å². The first kappa shape index (κ1) is 15.7. The second-order valence-corrected chi connectivity index (χ2v) is 6.18. The summed E-state index contributed by atoms with van der Waals surface area (Å²) in [4.78, 5) is 15.9. The van der Waals surface area contributed by atoms with Gasteiger partial charge in [-0.05, 0) is 30.3 Å². The van der Waals surface area contributed by atoms with E-state index in [4.69, 9.17) is 4.74 Å². The van der Waals surface area contributed by atoms with Crippen LogP contribution in [0.4, 0.5) is 0 Å². The summed E-state index contributed by atoms with van der Waals surface area (Å²) in [5.41, 5.74) is 0.465. The van der Waals surface area contributed by atoms with Gasteiger partial charge in [-0.1, -0.05) is 38.4 Å². The van der Waals surface area contributed by atoms with E-state index < -0.39 is 0 Å². The lowest BCUT2D eigenvalue weighted by molar-refractivity contribution is 0.0957. The van der Waals surface area contributed by atoms with Gasteiger partial charge in [-0.2, -0.15) is 0 Å². The van der Waals surface area contributed by atoms with Crippen LogP contribution >= 0.6 is 31.9 Å². The number of halogens is 2. The molecule has 0 saturated carbocycles. The number of carbonyl (C=O) groups is 1. The first-order chi connectivity index (χ1) is 10.0. The number of amides is 1. The molecular formula is C15H12Br2N2O2. The molecule has 0 aliphatic heterocycles. The van der Waals surface area contributed by atoms with Gasteiger partial charge < -0.3 is 10.1 Å². The van der Waals surface area contributed by atoms with Crippen molar-refractivity contribution in [2.75, 3.05) is 6.54 Å². The lowest BCUT2D eigenvalue weighted by Crippen LogP contribution is -2.24.